The highest BCUT2D eigenvalue weighted by Gasteiger charge is 2.11. The van der Waals surface area contributed by atoms with E-state index in [1.807, 2.05) is 0 Å². The van der Waals surface area contributed by atoms with Crippen molar-refractivity contribution in [2.45, 2.75) is 0 Å². The van der Waals surface area contributed by atoms with E-state index in [1.165, 1.54) is 24.4 Å². The molecule has 7 heteroatoms. The van der Waals surface area contributed by atoms with Crippen LogP contribution in [-0.4, -0.2) is 17.2 Å². The lowest BCUT2D eigenvalue weighted by molar-refractivity contribution is 0.0951. The number of nitrogens with zero attached hydrogens (tertiary/aromatic N) is 1. The molecule has 2 aromatic carbocycles. The molecule has 2 N–H and O–H groups in total. The van der Waals surface area contributed by atoms with Crippen molar-refractivity contribution in [1.29, 1.82) is 0 Å². The summed E-state index contributed by atoms with van der Waals surface area (Å²) in [5.41, 5.74) is 2.41. The monoisotopic (exact) mass is 370 g/mol. The average molecular weight is 372 g/mol. The standard InChI is InChI=1S/C14H9BrClFN2O2/c15-9-1-4-13(20)8(5-9)7-18-19-14(21)11-3-2-10(16)6-12(11)17/h1-7,20H,(H,19,21)/b18-7-. The van der Waals surface area contributed by atoms with Crippen LogP contribution in [0.3, 0.4) is 0 Å². The average Bonchev–Trinajstić information content (AvgIpc) is 2.42. The number of hydrazone groups is 1. The Morgan fingerprint density at radius 1 is 1.33 bits per heavy atom. The molecular weight excluding hydrogens is 363 g/mol. The van der Waals surface area contributed by atoms with E-state index in [1.54, 1.807) is 12.1 Å². The second-order valence-corrected chi connectivity index (χ2v) is 5.38. The molecule has 0 spiro atoms. The largest absolute Gasteiger partial charge is 0.507 e. The molecule has 0 atom stereocenters. The maximum Gasteiger partial charge on any atom is 0.274 e. The third-order valence-electron chi connectivity index (χ3n) is 2.54. The minimum Gasteiger partial charge on any atom is -0.507 e. The molecule has 0 aliphatic heterocycles. The number of carbonyl (C=O) groups excluding carboxylic acids is 1. The van der Waals surface area contributed by atoms with Gasteiger partial charge in [-0.15, -0.1) is 0 Å². The van der Waals surface area contributed by atoms with Crippen molar-refractivity contribution in [3.8, 4) is 5.75 Å². The van der Waals surface area contributed by atoms with Gasteiger partial charge in [0.15, 0.2) is 0 Å². The van der Waals surface area contributed by atoms with Gasteiger partial charge >= 0.3 is 0 Å². The first-order valence-corrected chi connectivity index (χ1v) is 6.91. The Morgan fingerprint density at radius 2 is 2.10 bits per heavy atom. The van der Waals surface area contributed by atoms with E-state index in [2.05, 4.69) is 26.5 Å². The number of rotatable bonds is 3. The van der Waals surface area contributed by atoms with Crippen molar-refractivity contribution in [3.05, 3.63) is 62.8 Å². The lowest BCUT2D eigenvalue weighted by Crippen LogP contribution is -2.19. The topological polar surface area (TPSA) is 61.7 Å². The first-order valence-electron chi connectivity index (χ1n) is 5.74. The van der Waals surface area contributed by atoms with Crippen molar-refractivity contribution >= 4 is 39.7 Å². The Morgan fingerprint density at radius 3 is 2.81 bits per heavy atom. The number of phenols is 1. The van der Waals surface area contributed by atoms with Gasteiger partial charge in [0.25, 0.3) is 5.91 Å². The number of hydrogen-bond acceptors (Lipinski definition) is 3. The number of carbonyl (C=O) groups is 1. The second-order valence-electron chi connectivity index (χ2n) is 4.03. The van der Waals surface area contributed by atoms with Gasteiger partial charge in [0.05, 0.1) is 11.8 Å². The van der Waals surface area contributed by atoms with Gasteiger partial charge in [-0.2, -0.15) is 5.10 Å². The lowest BCUT2D eigenvalue weighted by Gasteiger charge is -2.02. The molecule has 0 fully saturated rings. The first-order chi connectivity index (χ1) is 9.97. The molecule has 0 unspecified atom stereocenters. The molecule has 0 aliphatic carbocycles. The van der Waals surface area contributed by atoms with Crippen LogP contribution in [0.2, 0.25) is 5.02 Å². The molecule has 0 saturated heterocycles. The van der Waals surface area contributed by atoms with Gasteiger partial charge in [-0.05, 0) is 36.4 Å². The predicted octanol–water partition coefficient (Wildman–Crippen LogP) is 3.71. The fraction of sp³-hybridized carbons (Fsp3) is 0. The van der Waals surface area contributed by atoms with Crippen molar-refractivity contribution in [3.63, 3.8) is 0 Å². The van der Waals surface area contributed by atoms with Crippen molar-refractivity contribution < 1.29 is 14.3 Å². The SMILES string of the molecule is O=C(N/N=C\c1cc(Br)ccc1O)c1ccc(Cl)cc1F. The maximum absolute atomic E-state index is 13.5. The molecule has 0 saturated carbocycles. The zero-order valence-electron chi connectivity index (χ0n) is 10.5. The van der Waals surface area contributed by atoms with Gasteiger partial charge in [0.2, 0.25) is 0 Å². The van der Waals surface area contributed by atoms with Crippen LogP contribution in [0, 0.1) is 5.82 Å². The Balaban J connectivity index is 2.10. The molecule has 21 heavy (non-hydrogen) atoms. The normalized spacial score (nSPS) is 10.8. The number of halogens is 3. The molecule has 0 aromatic heterocycles. The van der Waals surface area contributed by atoms with E-state index in [0.717, 1.165) is 10.5 Å². The number of nitrogens with one attached hydrogen (secondary N) is 1. The van der Waals surface area contributed by atoms with E-state index >= 15 is 0 Å². The van der Waals surface area contributed by atoms with Crippen LogP contribution in [0.5, 0.6) is 5.75 Å². The van der Waals surface area contributed by atoms with Gasteiger partial charge in [-0.25, -0.2) is 9.82 Å². The number of amides is 1. The van der Waals surface area contributed by atoms with Gasteiger partial charge < -0.3 is 5.11 Å². The Labute approximate surface area is 133 Å². The van der Waals surface area contributed by atoms with Crippen LogP contribution in [0.1, 0.15) is 15.9 Å². The zero-order valence-corrected chi connectivity index (χ0v) is 12.8. The molecule has 0 aliphatic rings. The summed E-state index contributed by atoms with van der Waals surface area (Å²) < 4.78 is 14.3. The Kier molecular flexibility index (Phi) is 4.93. The van der Waals surface area contributed by atoms with Gasteiger partial charge in [0.1, 0.15) is 11.6 Å². The lowest BCUT2D eigenvalue weighted by atomic mass is 10.2. The fourth-order valence-electron chi connectivity index (χ4n) is 1.52. The summed E-state index contributed by atoms with van der Waals surface area (Å²) in [6.45, 7) is 0. The van der Waals surface area contributed by atoms with Crippen LogP contribution in [0.25, 0.3) is 0 Å². The Bertz CT molecular complexity index is 722. The summed E-state index contributed by atoms with van der Waals surface area (Å²) in [4.78, 5) is 11.7. The van der Waals surface area contributed by atoms with Crippen LogP contribution >= 0.6 is 27.5 Å². The first kappa shape index (κ1) is 15.5. The predicted molar refractivity (Wildman–Crippen MR) is 82.3 cm³/mol. The van der Waals surface area contributed by atoms with Gasteiger partial charge in [0, 0.05) is 15.1 Å². The van der Waals surface area contributed by atoms with Crippen LogP contribution in [0.4, 0.5) is 4.39 Å². The van der Waals surface area contributed by atoms with Crippen molar-refractivity contribution in [1.82, 2.24) is 5.43 Å². The third kappa shape index (κ3) is 4.03. The zero-order chi connectivity index (χ0) is 15.4. The number of hydrogen-bond donors (Lipinski definition) is 2. The quantitative estimate of drug-likeness (QED) is 0.638. The van der Waals surface area contributed by atoms with E-state index < -0.39 is 11.7 Å². The maximum atomic E-state index is 13.5. The molecule has 2 aromatic rings. The minimum atomic E-state index is -0.736. The number of aromatic hydroxyl groups is 1. The second kappa shape index (κ2) is 6.69. The summed E-state index contributed by atoms with van der Waals surface area (Å²) in [5.74, 6) is -1.44. The highest BCUT2D eigenvalue weighted by atomic mass is 79.9. The van der Waals surface area contributed by atoms with Gasteiger partial charge in [-0.1, -0.05) is 27.5 Å². The summed E-state index contributed by atoms with van der Waals surface area (Å²) >= 11 is 8.85. The van der Waals surface area contributed by atoms with E-state index in [4.69, 9.17) is 11.6 Å². The van der Waals surface area contributed by atoms with Gasteiger partial charge in [-0.3, -0.25) is 4.79 Å². The van der Waals surface area contributed by atoms with E-state index in [-0.39, 0.29) is 16.3 Å². The van der Waals surface area contributed by atoms with Crippen LogP contribution < -0.4 is 5.43 Å². The molecule has 2 rings (SSSR count). The minimum absolute atomic E-state index is 0.00822. The van der Waals surface area contributed by atoms with Crippen LogP contribution in [0.15, 0.2) is 46.0 Å². The Hall–Kier alpha value is -1.92. The molecule has 1 amide bonds. The summed E-state index contributed by atoms with van der Waals surface area (Å²) in [5, 5.41) is 13.5. The molecule has 0 radical (unpaired) electrons. The highest BCUT2D eigenvalue weighted by Crippen LogP contribution is 2.20. The third-order valence-corrected chi connectivity index (χ3v) is 3.26. The van der Waals surface area contributed by atoms with E-state index in [0.29, 0.717) is 5.56 Å². The van der Waals surface area contributed by atoms with E-state index in [9.17, 15) is 14.3 Å². The summed E-state index contributed by atoms with van der Waals surface area (Å²) in [6, 6.07) is 8.47. The summed E-state index contributed by atoms with van der Waals surface area (Å²) in [7, 11) is 0. The molecular formula is C14H9BrClFN2O2. The van der Waals surface area contributed by atoms with Crippen molar-refractivity contribution in [2.24, 2.45) is 5.10 Å². The molecule has 4 nitrogen and oxygen atoms in total. The highest BCUT2D eigenvalue weighted by molar-refractivity contribution is 9.10. The molecule has 0 heterocycles. The van der Waals surface area contributed by atoms with Crippen LogP contribution in [-0.2, 0) is 0 Å². The fourth-order valence-corrected chi connectivity index (χ4v) is 2.06. The molecule has 108 valence electrons. The number of phenolic OH excluding ortho intramolecular Hbond substituents is 1. The number of benzene rings is 2. The summed E-state index contributed by atoms with van der Waals surface area (Å²) in [6.07, 6.45) is 1.26. The van der Waals surface area contributed by atoms with Crippen molar-refractivity contribution in [2.75, 3.05) is 0 Å². The molecule has 0 bridgehead atoms. The smallest absolute Gasteiger partial charge is 0.274 e.